The molecule has 1 aliphatic carbocycles. The summed E-state index contributed by atoms with van der Waals surface area (Å²) in [6.07, 6.45) is 4.57. The molecule has 1 unspecified atom stereocenters. The third kappa shape index (κ3) is 3.01. The van der Waals surface area contributed by atoms with E-state index in [1.807, 2.05) is 0 Å². The highest BCUT2D eigenvalue weighted by molar-refractivity contribution is 5.23. The largest absolute Gasteiger partial charge is 0.329 e. The summed E-state index contributed by atoms with van der Waals surface area (Å²) in [7, 11) is 0. The highest BCUT2D eigenvalue weighted by Crippen LogP contribution is 2.23. The van der Waals surface area contributed by atoms with Crippen molar-refractivity contribution in [2.75, 3.05) is 6.54 Å². The topological polar surface area (TPSA) is 38.0 Å². The van der Waals surface area contributed by atoms with Gasteiger partial charge in [0.15, 0.2) is 0 Å². The lowest BCUT2D eigenvalue weighted by atomic mass is 10.0. The summed E-state index contributed by atoms with van der Waals surface area (Å²) in [5.74, 6) is -0.819. The van der Waals surface area contributed by atoms with Crippen LogP contribution >= 0.6 is 0 Å². The lowest BCUT2D eigenvalue weighted by Gasteiger charge is -2.22. The molecule has 3 N–H and O–H groups in total. The van der Waals surface area contributed by atoms with Crippen molar-refractivity contribution < 1.29 is 8.78 Å². The summed E-state index contributed by atoms with van der Waals surface area (Å²) in [4.78, 5) is 0. The molecule has 1 aromatic rings. The first-order valence-electron chi connectivity index (χ1n) is 6.12. The normalized spacial score (nSPS) is 18.5. The zero-order valence-electron chi connectivity index (χ0n) is 9.76. The molecule has 1 saturated carbocycles. The fourth-order valence-electron chi connectivity index (χ4n) is 2.44. The first-order chi connectivity index (χ1) is 8.20. The Morgan fingerprint density at radius 2 is 2.00 bits per heavy atom. The van der Waals surface area contributed by atoms with E-state index >= 15 is 0 Å². The summed E-state index contributed by atoms with van der Waals surface area (Å²) < 4.78 is 26.7. The van der Waals surface area contributed by atoms with E-state index < -0.39 is 11.6 Å². The summed E-state index contributed by atoms with van der Waals surface area (Å²) in [6, 6.07) is 3.60. The first kappa shape index (κ1) is 12.5. The van der Waals surface area contributed by atoms with Gasteiger partial charge in [-0.25, -0.2) is 8.78 Å². The van der Waals surface area contributed by atoms with Gasteiger partial charge in [-0.05, 0) is 31.0 Å². The standard InChI is InChI=1S/C13H18F2N2/c14-9-5-6-12(15)11(7-9)13(8-16)17-10-3-1-2-4-10/h5-7,10,13,17H,1-4,8,16H2. The van der Waals surface area contributed by atoms with Crippen LogP contribution in [0.2, 0.25) is 0 Å². The second kappa shape index (κ2) is 5.56. The summed E-state index contributed by atoms with van der Waals surface area (Å²) in [6.45, 7) is 0.275. The van der Waals surface area contributed by atoms with E-state index in [0.29, 0.717) is 11.6 Å². The van der Waals surface area contributed by atoms with E-state index in [1.54, 1.807) is 0 Å². The minimum Gasteiger partial charge on any atom is -0.329 e. The van der Waals surface area contributed by atoms with Crippen LogP contribution in [0.5, 0.6) is 0 Å². The Balaban J connectivity index is 2.13. The van der Waals surface area contributed by atoms with Crippen LogP contribution in [0.15, 0.2) is 18.2 Å². The number of nitrogens with two attached hydrogens (primary N) is 1. The van der Waals surface area contributed by atoms with Crippen molar-refractivity contribution in [1.82, 2.24) is 5.32 Å². The zero-order chi connectivity index (χ0) is 12.3. The van der Waals surface area contributed by atoms with Crippen molar-refractivity contribution in [3.63, 3.8) is 0 Å². The molecule has 1 atom stereocenters. The second-order valence-electron chi connectivity index (χ2n) is 4.60. The van der Waals surface area contributed by atoms with Gasteiger partial charge in [-0.1, -0.05) is 12.8 Å². The van der Waals surface area contributed by atoms with Crippen molar-refractivity contribution in [3.05, 3.63) is 35.4 Å². The molecule has 0 amide bonds. The minimum absolute atomic E-state index is 0.275. The Morgan fingerprint density at radius 3 is 2.65 bits per heavy atom. The van der Waals surface area contributed by atoms with Crippen molar-refractivity contribution in [2.45, 2.75) is 37.8 Å². The van der Waals surface area contributed by atoms with Gasteiger partial charge in [0.25, 0.3) is 0 Å². The van der Waals surface area contributed by atoms with E-state index in [9.17, 15) is 8.78 Å². The Kier molecular flexibility index (Phi) is 4.07. The van der Waals surface area contributed by atoms with E-state index in [1.165, 1.54) is 18.9 Å². The Hall–Kier alpha value is -1.00. The maximum atomic E-state index is 13.6. The summed E-state index contributed by atoms with van der Waals surface area (Å²) >= 11 is 0. The van der Waals surface area contributed by atoms with Crippen LogP contribution in [0.3, 0.4) is 0 Å². The van der Waals surface area contributed by atoms with Crippen LogP contribution in [0.4, 0.5) is 8.78 Å². The van der Waals surface area contributed by atoms with Crippen molar-refractivity contribution in [3.8, 4) is 0 Å². The van der Waals surface area contributed by atoms with Crippen molar-refractivity contribution in [1.29, 1.82) is 0 Å². The average Bonchev–Trinajstić information content (AvgIpc) is 2.82. The first-order valence-corrected chi connectivity index (χ1v) is 6.12. The molecule has 0 bridgehead atoms. The molecule has 94 valence electrons. The van der Waals surface area contributed by atoms with E-state index in [-0.39, 0.29) is 12.6 Å². The van der Waals surface area contributed by atoms with Crippen molar-refractivity contribution >= 4 is 0 Å². The van der Waals surface area contributed by atoms with Crippen LogP contribution in [-0.2, 0) is 0 Å². The molecule has 0 radical (unpaired) electrons. The van der Waals surface area contributed by atoms with Crippen LogP contribution in [0, 0.1) is 11.6 Å². The van der Waals surface area contributed by atoms with Gasteiger partial charge in [-0.2, -0.15) is 0 Å². The lowest BCUT2D eigenvalue weighted by Crippen LogP contribution is -2.35. The van der Waals surface area contributed by atoms with Gasteiger partial charge >= 0.3 is 0 Å². The van der Waals surface area contributed by atoms with Gasteiger partial charge in [0, 0.05) is 24.2 Å². The molecular formula is C13H18F2N2. The number of benzene rings is 1. The Bertz CT molecular complexity index is 376. The van der Waals surface area contributed by atoms with Gasteiger partial charge < -0.3 is 11.1 Å². The molecule has 0 aromatic heterocycles. The minimum atomic E-state index is -0.423. The number of hydrogen-bond donors (Lipinski definition) is 2. The molecule has 0 heterocycles. The highest BCUT2D eigenvalue weighted by atomic mass is 19.1. The third-order valence-corrected chi connectivity index (χ3v) is 3.36. The van der Waals surface area contributed by atoms with Crippen LogP contribution in [0.1, 0.15) is 37.3 Å². The van der Waals surface area contributed by atoms with Gasteiger partial charge in [0.2, 0.25) is 0 Å². The number of rotatable bonds is 4. The number of halogens is 2. The van der Waals surface area contributed by atoms with Crippen molar-refractivity contribution in [2.24, 2.45) is 5.73 Å². The highest BCUT2D eigenvalue weighted by Gasteiger charge is 2.21. The predicted octanol–water partition coefficient (Wildman–Crippen LogP) is 2.50. The molecule has 0 saturated heterocycles. The quantitative estimate of drug-likeness (QED) is 0.848. The monoisotopic (exact) mass is 240 g/mol. The van der Waals surface area contributed by atoms with E-state index in [2.05, 4.69) is 5.32 Å². The van der Waals surface area contributed by atoms with Crippen LogP contribution in [0.25, 0.3) is 0 Å². The fourth-order valence-corrected chi connectivity index (χ4v) is 2.44. The number of nitrogens with one attached hydrogen (secondary N) is 1. The average molecular weight is 240 g/mol. The molecule has 1 fully saturated rings. The van der Waals surface area contributed by atoms with Gasteiger partial charge in [0.05, 0.1) is 0 Å². The Labute approximate surface area is 100 Å². The maximum absolute atomic E-state index is 13.6. The second-order valence-corrected chi connectivity index (χ2v) is 4.60. The fraction of sp³-hybridized carbons (Fsp3) is 0.538. The molecule has 0 aliphatic heterocycles. The molecular weight excluding hydrogens is 222 g/mol. The molecule has 17 heavy (non-hydrogen) atoms. The third-order valence-electron chi connectivity index (χ3n) is 3.36. The molecule has 1 aromatic carbocycles. The molecule has 0 spiro atoms. The molecule has 1 aliphatic rings. The van der Waals surface area contributed by atoms with E-state index in [0.717, 1.165) is 25.0 Å². The summed E-state index contributed by atoms with van der Waals surface area (Å²) in [5, 5.41) is 3.32. The Morgan fingerprint density at radius 1 is 1.29 bits per heavy atom. The zero-order valence-corrected chi connectivity index (χ0v) is 9.76. The number of hydrogen-bond acceptors (Lipinski definition) is 2. The molecule has 2 rings (SSSR count). The van der Waals surface area contributed by atoms with Crippen LogP contribution < -0.4 is 11.1 Å². The van der Waals surface area contributed by atoms with Crippen LogP contribution in [-0.4, -0.2) is 12.6 Å². The molecule has 2 nitrogen and oxygen atoms in total. The smallest absolute Gasteiger partial charge is 0.128 e. The van der Waals surface area contributed by atoms with Gasteiger partial charge in [-0.15, -0.1) is 0 Å². The lowest BCUT2D eigenvalue weighted by molar-refractivity contribution is 0.429. The SMILES string of the molecule is NCC(NC1CCCC1)c1cc(F)ccc1F. The summed E-state index contributed by atoms with van der Waals surface area (Å²) in [5.41, 5.74) is 5.98. The maximum Gasteiger partial charge on any atom is 0.128 e. The van der Waals surface area contributed by atoms with Gasteiger partial charge in [-0.3, -0.25) is 0 Å². The van der Waals surface area contributed by atoms with E-state index in [4.69, 9.17) is 5.73 Å². The van der Waals surface area contributed by atoms with Gasteiger partial charge in [0.1, 0.15) is 11.6 Å². The predicted molar refractivity (Wildman–Crippen MR) is 63.5 cm³/mol. The molecule has 4 heteroatoms.